The van der Waals surface area contributed by atoms with Crippen molar-refractivity contribution in [3.05, 3.63) is 12.2 Å². The molecule has 1 atom stereocenters. The van der Waals surface area contributed by atoms with Crippen molar-refractivity contribution >= 4 is 5.97 Å². The van der Waals surface area contributed by atoms with Crippen LogP contribution in [-0.4, -0.2) is 26.2 Å². The molecule has 13 heavy (non-hydrogen) atoms. The van der Waals surface area contributed by atoms with Crippen LogP contribution in [0.25, 0.3) is 0 Å². The van der Waals surface area contributed by atoms with Crippen LogP contribution in [-0.2, 0) is 9.53 Å². The van der Waals surface area contributed by atoms with E-state index in [1.54, 1.807) is 0 Å². The minimum atomic E-state index is -0.167. The first kappa shape index (κ1) is 10.3. The maximum Gasteiger partial charge on any atom is 0.309 e. The van der Waals surface area contributed by atoms with Crippen LogP contribution in [0.2, 0.25) is 0 Å². The van der Waals surface area contributed by atoms with E-state index in [1.807, 2.05) is 6.08 Å². The van der Waals surface area contributed by atoms with Gasteiger partial charge >= 0.3 is 5.97 Å². The maximum absolute atomic E-state index is 10.8. The van der Waals surface area contributed by atoms with Gasteiger partial charge in [-0.1, -0.05) is 12.2 Å². The summed E-state index contributed by atoms with van der Waals surface area (Å²) in [5.74, 6) is 0.429. The largest absolute Gasteiger partial charge is 0.469 e. The van der Waals surface area contributed by atoms with Gasteiger partial charge in [0, 0.05) is 6.54 Å². The van der Waals surface area contributed by atoms with Gasteiger partial charge in [-0.25, -0.2) is 0 Å². The van der Waals surface area contributed by atoms with E-state index in [2.05, 4.69) is 16.1 Å². The topological polar surface area (TPSA) is 38.3 Å². The molecule has 0 saturated carbocycles. The molecule has 1 fully saturated rings. The molecule has 1 saturated heterocycles. The fourth-order valence-electron chi connectivity index (χ4n) is 1.48. The molecule has 1 aliphatic heterocycles. The van der Waals surface area contributed by atoms with Crippen LogP contribution in [0.4, 0.5) is 0 Å². The Morgan fingerprint density at radius 2 is 2.54 bits per heavy atom. The van der Waals surface area contributed by atoms with E-state index in [9.17, 15) is 4.79 Å². The van der Waals surface area contributed by atoms with E-state index in [0.717, 1.165) is 13.1 Å². The molecule has 0 aromatic carbocycles. The molecular weight excluding hydrogens is 166 g/mol. The van der Waals surface area contributed by atoms with Crippen LogP contribution >= 0.6 is 0 Å². The third-order valence-electron chi connectivity index (χ3n) is 2.26. The number of piperidine rings is 1. The van der Waals surface area contributed by atoms with Gasteiger partial charge in [-0.05, 0) is 25.3 Å². The van der Waals surface area contributed by atoms with E-state index >= 15 is 0 Å². The zero-order valence-electron chi connectivity index (χ0n) is 8.08. The minimum absolute atomic E-state index is 0.167. The summed E-state index contributed by atoms with van der Waals surface area (Å²) in [6.45, 7) is 2.17. The highest BCUT2D eigenvalue weighted by Crippen LogP contribution is 2.11. The van der Waals surface area contributed by atoms with Gasteiger partial charge in [0.05, 0.1) is 13.5 Å². The molecule has 1 rings (SSSR count). The zero-order valence-corrected chi connectivity index (χ0v) is 8.08. The fraction of sp³-hybridized carbons (Fsp3) is 0.700. The fourth-order valence-corrected chi connectivity index (χ4v) is 1.48. The summed E-state index contributed by atoms with van der Waals surface area (Å²) >= 11 is 0. The Hall–Kier alpha value is -0.830. The molecule has 0 radical (unpaired) electrons. The predicted molar refractivity (Wildman–Crippen MR) is 51.4 cm³/mol. The average molecular weight is 183 g/mol. The smallest absolute Gasteiger partial charge is 0.309 e. The molecule has 0 aliphatic carbocycles. The van der Waals surface area contributed by atoms with Gasteiger partial charge in [0.25, 0.3) is 0 Å². The normalized spacial score (nSPS) is 23.3. The van der Waals surface area contributed by atoms with Crippen molar-refractivity contribution in [2.45, 2.75) is 19.3 Å². The number of rotatable bonds is 3. The third kappa shape index (κ3) is 4.08. The molecule has 0 aromatic heterocycles. The monoisotopic (exact) mass is 183 g/mol. The summed E-state index contributed by atoms with van der Waals surface area (Å²) in [6, 6.07) is 0. The zero-order chi connectivity index (χ0) is 9.52. The van der Waals surface area contributed by atoms with E-state index in [4.69, 9.17) is 0 Å². The molecule has 0 spiro atoms. The number of hydrogen-bond acceptors (Lipinski definition) is 3. The second-order valence-electron chi connectivity index (χ2n) is 3.31. The first-order valence-corrected chi connectivity index (χ1v) is 4.77. The lowest BCUT2D eigenvalue weighted by Gasteiger charge is -2.19. The molecular formula is C10H17NO2. The van der Waals surface area contributed by atoms with E-state index in [-0.39, 0.29) is 5.97 Å². The van der Waals surface area contributed by atoms with Gasteiger partial charge in [0.2, 0.25) is 0 Å². The maximum atomic E-state index is 10.8. The minimum Gasteiger partial charge on any atom is -0.469 e. The number of hydrogen-bond donors (Lipinski definition) is 1. The first-order valence-electron chi connectivity index (χ1n) is 4.77. The van der Waals surface area contributed by atoms with Crippen molar-refractivity contribution in [3.8, 4) is 0 Å². The van der Waals surface area contributed by atoms with Crippen molar-refractivity contribution < 1.29 is 9.53 Å². The lowest BCUT2D eigenvalue weighted by molar-refractivity contribution is -0.139. The molecule has 3 heteroatoms. The number of carbonyl (C=O) groups excluding carboxylic acids is 1. The van der Waals surface area contributed by atoms with Crippen molar-refractivity contribution in [1.29, 1.82) is 0 Å². The molecule has 74 valence electrons. The molecule has 1 heterocycles. The van der Waals surface area contributed by atoms with Gasteiger partial charge in [-0.2, -0.15) is 0 Å². The summed E-state index contributed by atoms with van der Waals surface area (Å²) in [7, 11) is 1.42. The van der Waals surface area contributed by atoms with Crippen molar-refractivity contribution in [2.24, 2.45) is 5.92 Å². The van der Waals surface area contributed by atoms with Gasteiger partial charge in [-0.15, -0.1) is 0 Å². The summed E-state index contributed by atoms with van der Waals surface area (Å²) in [4.78, 5) is 10.8. The van der Waals surface area contributed by atoms with Crippen LogP contribution < -0.4 is 5.32 Å². The molecule has 0 aromatic rings. The number of carbonyl (C=O) groups is 1. The molecule has 3 nitrogen and oxygen atoms in total. The van der Waals surface area contributed by atoms with E-state index < -0.39 is 0 Å². The second kappa shape index (κ2) is 5.75. The van der Waals surface area contributed by atoms with Gasteiger partial charge in [-0.3, -0.25) is 4.79 Å². The van der Waals surface area contributed by atoms with Crippen LogP contribution in [0.3, 0.4) is 0 Å². The van der Waals surface area contributed by atoms with Crippen LogP contribution in [0.15, 0.2) is 12.2 Å². The molecule has 1 unspecified atom stereocenters. The molecule has 1 N–H and O–H groups in total. The lowest BCUT2D eigenvalue weighted by Crippen LogP contribution is -2.28. The molecule has 0 amide bonds. The summed E-state index contributed by atoms with van der Waals surface area (Å²) in [5, 5.41) is 3.32. The summed E-state index contributed by atoms with van der Waals surface area (Å²) < 4.78 is 4.53. The third-order valence-corrected chi connectivity index (χ3v) is 2.26. The van der Waals surface area contributed by atoms with Crippen molar-refractivity contribution in [1.82, 2.24) is 5.32 Å². The van der Waals surface area contributed by atoms with Crippen LogP contribution in [0, 0.1) is 5.92 Å². The Labute approximate surface area is 79.2 Å². The highest BCUT2D eigenvalue weighted by Gasteiger charge is 2.08. The summed E-state index contributed by atoms with van der Waals surface area (Å²) in [5.41, 5.74) is 0. The quantitative estimate of drug-likeness (QED) is 0.526. The Bertz CT molecular complexity index is 183. The van der Waals surface area contributed by atoms with Gasteiger partial charge in [0.1, 0.15) is 0 Å². The Balaban J connectivity index is 2.18. The average Bonchev–Trinajstić information content (AvgIpc) is 2.19. The van der Waals surface area contributed by atoms with Gasteiger partial charge < -0.3 is 10.1 Å². The van der Waals surface area contributed by atoms with E-state index in [0.29, 0.717) is 12.3 Å². The lowest BCUT2D eigenvalue weighted by atomic mass is 9.99. The number of nitrogens with one attached hydrogen (secondary N) is 1. The van der Waals surface area contributed by atoms with Crippen molar-refractivity contribution in [2.75, 3.05) is 20.2 Å². The van der Waals surface area contributed by atoms with Crippen LogP contribution in [0.1, 0.15) is 19.3 Å². The Kier molecular flexibility index (Phi) is 4.54. The van der Waals surface area contributed by atoms with Crippen molar-refractivity contribution in [3.63, 3.8) is 0 Å². The van der Waals surface area contributed by atoms with E-state index in [1.165, 1.54) is 20.0 Å². The Morgan fingerprint density at radius 1 is 1.69 bits per heavy atom. The highest BCUT2D eigenvalue weighted by atomic mass is 16.5. The van der Waals surface area contributed by atoms with Gasteiger partial charge in [0.15, 0.2) is 0 Å². The predicted octanol–water partition coefficient (Wildman–Crippen LogP) is 1.11. The molecule has 0 bridgehead atoms. The van der Waals surface area contributed by atoms with Crippen LogP contribution in [0.5, 0.6) is 0 Å². The standard InChI is InChI=1S/C10H17NO2/c1-13-10(12)6-2-4-9-5-3-7-11-8-9/h2,4,9,11H,3,5-8H2,1H3/b4-2-. The number of ether oxygens (including phenoxy) is 1. The second-order valence-corrected chi connectivity index (χ2v) is 3.31. The SMILES string of the molecule is COC(=O)C/C=C\C1CCCNC1. The molecule has 1 aliphatic rings. The Morgan fingerprint density at radius 3 is 3.15 bits per heavy atom. The first-order chi connectivity index (χ1) is 6.33. The number of esters is 1. The highest BCUT2D eigenvalue weighted by molar-refractivity contribution is 5.70. The summed E-state index contributed by atoms with van der Waals surface area (Å²) in [6.07, 6.45) is 6.87. The number of methoxy groups -OCH3 is 1.